The molecule has 0 atom stereocenters. The Morgan fingerprint density at radius 2 is 1.43 bits per heavy atom. The molecular weight excluding hydrogens is 383 g/mol. The average Bonchev–Trinajstić information content (AvgIpc) is 2.64. The second-order valence-electron chi connectivity index (χ2n) is 6.26. The third-order valence-corrected chi connectivity index (χ3v) is 5.71. The maximum Gasteiger partial charge on any atom is 0.335 e. The molecule has 28 heavy (non-hydrogen) atoms. The predicted octanol–water partition coefficient (Wildman–Crippen LogP) is 4.93. The van der Waals surface area contributed by atoms with Crippen molar-refractivity contribution in [2.75, 3.05) is 41.0 Å². The molecule has 8 heteroatoms. The minimum absolute atomic E-state index is 0.0602. The van der Waals surface area contributed by atoms with E-state index in [1.165, 1.54) is 12.7 Å². The second kappa shape index (κ2) is 13.0. The van der Waals surface area contributed by atoms with E-state index in [0.717, 1.165) is 11.1 Å². The van der Waals surface area contributed by atoms with Crippen LogP contribution in [0, 0.1) is 0 Å². The van der Waals surface area contributed by atoms with Gasteiger partial charge in [0.05, 0.1) is 19.4 Å². The first-order chi connectivity index (χ1) is 13.4. The molecule has 0 heterocycles. The van der Waals surface area contributed by atoms with E-state index in [2.05, 4.69) is 6.08 Å². The molecule has 1 aromatic carbocycles. The van der Waals surface area contributed by atoms with Crippen molar-refractivity contribution in [2.24, 2.45) is 0 Å². The molecular formula is C20H33O7P. The van der Waals surface area contributed by atoms with Crippen LogP contribution >= 0.6 is 7.60 Å². The first-order valence-electron chi connectivity index (χ1n) is 9.29. The number of ether oxygens (including phenoxy) is 4. The summed E-state index contributed by atoms with van der Waals surface area (Å²) in [6.45, 7) is 8.42. The quantitative estimate of drug-likeness (QED) is 0.242. The second-order valence-corrected chi connectivity index (χ2v) is 8.31. The molecule has 0 unspecified atom stereocenters. The minimum atomic E-state index is -3.27. The summed E-state index contributed by atoms with van der Waals surface area (Å²) in [5.74, 6) is 1.01. The fourth-order valence-electron chi connectivity index (χ4n) is 2.50. The maximum atomic E-state index is 13.1. The SMILES string of the molecule is CCOP(=O)(Cc1cc(OCOC)c(OCOC)cc1CC=C(C)C)OCC. The lowest BCUT2D eigenvalue weighted by molar-refractivity contribution is 0.0321. The van der Waals surface area contributed by atoms with Gasteiger partial charge >= 0.3 is 7.60 Å². The molecule has 1 rings (SSSR count). The summed E-state index contributed by atoms with van der Waals surface area (Å²) in [6.07, 6.45) is 2.90. The van der Waals surface area contributed by atoms with Crippen LogP contribution in [0.1, 0.15) is 38.8 Å². The summed E-state index contributed by atoms with van der Waals surface area (Å²) in [7, 11) is -0.181. The summed E-state index contributed by atoms with van der Waals surface area (Å²) >= 11 is 0. The van der Waals surface area contributed by atoms with Gasteiger partial charge in [-0.15, -0.1) is 0 Å². The molecule has 0 aliphatic carbocycles. The molecule has 0 saturated heterocycles. The van der Waals surface area contributed by atoms with Crippen LogP contribution in [0.3, 0.4) is 0 Å². The molecule has 0 spiro atoms. The Balaban J connectivity index is 3.37. The van der Waals surface area contributed by atoms with E-state index in [9.17, 15) is 4.57 Å². The van der Waals surface area contributed by atoms with Crippen molar-refractivity contribution in [1.29, 1.82) is 0 Å². The fourth-order valence-corrected chi connectivity index (χ4v) is 4.25. The van der Waals surface area contributed by atoms with Crippen LogP contribution < -0.4 is 9.47 Å². The minimum Gasteiger partial charge on any atom is -0.464 e. The Kier molecular flexibility index (Phi) is 11.4. The van der Waals surface area contributed by atoms with E-state index in [-0.39, 0.29) is 19.7 Å². The average molecular weight is 416 g/mol. The Morgan fingerprint density at radius 3 is 1.86 bits per heavy atom. The van der Waals surface area contributed by atoms with E-state index in [0.29, 0.717) is 31.1 Å². The van der Waals surface area contributed by atoms with E-state index >= 15 is 0 Å². The van der Waals surface area contributed by atoms with Crippen molar-refractivity contribution < 1.29 is 32.6 Å². The highest BCUT2D eigenvalue weighted by Gasteiger charge is 2.26. The van der Waals surface area contributed by atoms with Gasteiger partial charge in [-0.3, -0.25) is 4.57 Å². The van der Waals surface area contributed by atoms with Crippen LogP contribution in [0.4, 0.5) is 0 Å². The molecule has 1 aromatic rings. The normalized spacial score (nSPS) is 11.4. The molecule has 0 bridgehead atoms. The van der Waals surface area contributed by atoms with Gasteiger partial charge < -0.3 is 28.0 Å². The van der Waals surface area contributed by atoms with Crippen molar-refractivity contribution >= 4 is 7.60 Å². The summed E-state index contributed by atoms with van der Waals surface area (Å²) in [6, 6.07) is 3.68. The molecule has 0 saturated carbocycles. The molecule has 7 nitrogen and oxygen atoms in total. The standard InChI is InChI=1S/C20H33O7P/c1-7-26-28(21,27-8-2)13-18-12-20(25-15-23-6)19(24-14-22-5)11-17(18)10-9-16(3)4/h9,11-12H,7-8,10,13-15H2,1-6H3. The van der Waals surface area contributed by atoms with Gasteiger partial charge in [-0.2, -0.15) is 0 Å². The lowest BCUT2D eigenvalue weighted by Crippen LogP contribution is -2.07. The third-order valence-electron chi connectivity index (χ3n) is 3.68. The largest absolute Gasteiger partial charge is 0.464 e. The van der Waals surface area contributed by atoms with Gasteiger partial charge in [0, 0.05) is 14.2 Å². The van der Waals surface area contributed by atoms with Crippen LogP contribution in [-0.4, -0.2) is 41.0 Å². The zero-order chi connectivity index (χ0) is 21.0. The fraction of sp³-hybridized carbons (Fsp3) is 0.600. The Morgan fingerprint density at radius 1 is 0.929 bits per heavy atom. The molecule has 160 valence electrons. The highest BCUT2D eigenvalue weighted by Crippen LogP contribution is 2.52. The zero-order valence-corrected chi connectivity index (χ0v) is 18.7. The Labute approximate surface area is 168 Å². The summed E-state index contributed by atoms with van der Waals surface area (Å²) in [5, 5.41) is 0. The van der Waals surface area contributed by atoms with Crippen LogP contribution in [0.25, 0.3) is 0 Å². The highest BCUT2D eigenvalue weighted by atomic mass is 31.2. The van der Waals surface area contributed by atoms with Crippen LogP contribution in [-0.2, 0) is 35.7 Å². The van der Waals surface area contributed by atoms with Gasteiger partial charge in [-0.05, 0) is 57.4 Å². The van der Waals surface area contributed by atoms with E-state index in [1.54, 1.807) is 21.0 Å². The maximum absolute atomic E-state index is 13.1. The van der Waals surface area contributed by atoms with Gasteiger partial charge in [0.2, 0.25) is 0 Å². The number of hydrogen-bond acceptors (Lipinski definition) is 7. The molecule has 0 N–H and O–H groups in total. The highest BCUT2D eigenvalue weighted by molar-refractivity contribution is 7.53. The number of rotatable bonds is 14. The first kappa shape index (κ1) is 24.7. The number of benzene rings is 1. The lowest BCUT2D eigenvalue weighted by atomic mass is 10.0. The number of methoxy groups -OCH3 is 2. The van der Waals surface area contributed by atoms with Crippen molar-refractivity contribution in [2.45, 2.75) is 40.3 Å². The van der Waals surface area contributed by atoms with E-state index in [1.807, 2.05) is 26.0 Å². The predicted molar refractivity (Wildman–Crippen MR) is 109 cm³/mol. The molecule has 0 aromatic heterocycles. The molecule has 0 aliphatic rings. The first-order valence-corrected chi connectivity index (χ1v) is 11.0. The molecule has 0 aliphatic heterocycles. The summed E-state index contributed by atoms with van der Waals surface area (Å²) < 4.78 is 45.3. The van der Waals surface area contributed by atoms with Gasteiger partial charge in [-0.1, -0.05) is 11.6 Å². The summed E-state index contributed by atoms with van der Waals surface area (Å²) in [5.41, 5.74) is 2.96. The molecule has 0 fully saturated rings. The third kappa shape index (κ3) is 8.33. The zero-order valence-electron chi connectivity index (χ0n) is 17.8. The Hall–Kier alpha value is -1.37. The lowest BCUT2D eigenvalue weighted by Gasteiger charge is -2.21. The smallest absolute Gasteiger partial charge is 0.335 e. The Bertz CT molecular complexity index is 659. The molecule has 0 amide bonds. The topological polar surface area (TPSA) is 72.5 Å². The van der Waals surface area contributed by atoms with Crippen LogP contribution in [0.15, 0.2) is 23.8 Å². The monoisotopic (exact) mass is 416 g/mol. The van der Waals surface area contributed by atoms with Crippen molar-refractivity contribution in [3.63, 3.8) is 0 Å². The van der Waals surface area contributed by atoms with Crippen molar-refractivity contribution in [1.82, 2.24) is 0 Å². The van der Waals surface area contributed by atoms with Gasteiger partial charge in [0.25, 0.3) is 0 Å². The molecule has 0 radical (unpaired) electrons. The van der Waals surface area contributed by atoms with Crippen LogP contribution in [0.2, 0.25) is 0 Å². The summed E-state index contributed by atoms with van der Waals surface area (Å²) in [4.78, 5) is 0. The van der Waals surface area contributed by atoms with E-state index < -0.39 is 7.60 Å². The number of allylic oxidation sites excluding steroid dienone is 2. The van der Waals surface area contributed by atoms with Gasteiger partial charge in [-0.25, -0.2) is 0 Å². The van der Waals surface area contributed by atoms with E-state index in [4.69, 9.17) is 28.0 Å². The van der Waals surface area contributed by atoms with Gasteiger partial charge in [0.1, 0.15) is 0 Å². The van der Waals surface area contributed by atoms with Gasteiger partial charge in [0.15, 0.2) is 25.1 Å². The number of hydrogen-bond donors (Lipinski definition) is 0. The van der Waals surface area contributed by atoms with Crippen LogP contribution in [0.5, 0.6) is 11.5 Å². The van der Waals surface area contributed by atoms with Crippen molar-refractivity contribution in [3.05, 3.63) is 34.9 Å². The van der Waals surface area contributed by atoms with Crippen molar-refractivity contribution in [3.8, 4) is 11.5 Å².